The van der Waals surface area contributed by atoms with Gasteiger partial charge < -0.3 is 0 Å². The van der Waals surface area contributed by atoms with Crippen LogP contribution in [0.4, 0.5) is 0 Å². The molecule has 1 aliphatic carbocycles. The molecule has 0 aliphatic heterocycles. The first kappa shape index (κ1) is 9.08. The number of halogens is 1. The van der Waals surface area contributed by atoms with Gasteiger partial charge in [-0.3, -0.25) is 0 Å². The molecule has 0 atom stereocenters. The lowest BCUT2D eigenvalue weighted by Crippen LogP contribution is -2.16. The van der Waals surface area contributed by atoms with Gasteiger partial charge >= 0.3 is 0 Å². The second-order valence-electron chi connectivity index (χ2n) is 3.99. The maximum Gasteiger partial charge on any atom is 0.0406 e. The second kappa shape index (κ2) is 3.34. The number of rotatable bonds is 1. The van der Waals surface area contributed by atoms with E-state index in [2.05, 4.69) is 19.1 Å². The summed E-state index contributed by atoms with van der Waals surface area (Å²) >= 11 is 5.84. The van der Waals surface area contributed by atoms with E-state index >= 15 is 0 Å². The van der Waals surface area contributed by atoms with Crippen LogP contribution in [0.5, 0.6) is 0 Å². The van der Waals surface area contributed by atoms with Gasteiger partial charge in [0.15, 0.2) is 0 Å². The van der Waals surface area contributed by atoms with Crippen LogP contribution in [0.25, 0.3) is 0 Å². The first-order valence-electron chi connectivity index (χ1n) is 4.82. The Labute approximate surface area is 84.9 Å². The van der Waals surface area contributed by atoms with Crippen molar-refractivity contribution in [3.05, 3.63) is 41.8 Å². The van der Waals surface area contributed by atoms with Crippen LogP contribution in [0.3, 0.4) is 0 Å². The Morgan fingerprint density at radius 1 is 1.08 bits per heavy atom. The molecular formula is C12H14Cl. The highest BCUT2D eigenvalue weighted by molar-refractivity contribution is 6.30. The number of hydrogen-bond donors (Lipinski definition) is 0. The highest BCUT2D eigenvalue weighted by Gasteiger charge is 2.30. The molecule has 13 heavy (non-hydrogen) atoms. The third-order valence-electron chi connectivity index (χ3n) is 3.02. The molecule has 0 amide bonds. The Bertz CT molecular complexity index is 280. The summed E-state index contributed by atoms with van der Waals surface area (Å²) in [5, 5.41) is 0.811. The molecule has 1 aromatic rings. The molecule has 0 saturated heterocycles. The molecule has 1 radical (unpaired) electrons. The molecule has 0 heterocycles. The minimum Gasteiger partial charge on any atom is -0.0843 e. The van der Waals surface area contributed by atoms with Crippen LogP contribution in [0.1, 0.15) is 31.2 Å². The lowest BCUT2D eigenvalue weighted by molar-refractivity contribution is 0.553. The Balaban J connectivity index is 2.29. The van der Waals surface area contributed by atoms with Crippen molar-refractivity contribution in [2.75, 3.05) is 0 Å². The van der Waals surface area contributed by atoms with E-state index in [-0.39, 0.29) is 5.41 Å². The third-order valence-corrected chi connectivity index (χ3v) is 3.27. The van der Waals surface area contributed by atoms with Crippen LogP contribution in [-0.4, -0.2) is 0 Å². The van der Waals surface area contributed by atoms with Crippen molar-refractivity contribution >= 4 is 11.6 Å². The van der Waals surface area contributed by atoms with Gasteiger partial charge in [-0.25, -0.2) is 0 Å². The van der Waals surface area contributed by atoms with Crippen LogP contribution in [0, 0.1) is 6.92 Å². The lowest BCUT2D eigenvalue weighted by atomic mass is 9.81. The van der Waals surface area contributed by atoms with Crippen molar-refractivity contribution in [3.63, 3.8) is 0 Å². The lowest BCUT2D eigenvalue weighted by Gasteiger charge is -2.23. The van der Waals surface area contributed by atoms with E-state index in [0.717, 1.165) is 5.02 Å². The molecule has 0 nitrogen and oxygen atoms in total. The van der Waals surface area contributed by atoms with Gasteiger partial charge in [0.1, 0.15) is 0 Å². The van der Waals surface area contributed by atoms with Crippen molar-refractivity contribution in [3.8, 4) is 0 Å². The average Bonchev–Trinajstić information content (AvgIpc) is 2.54. The fourth-order valence-electron chi connectivity index (χ4n) is 2.14. The fraction of sp³-hybridized carbons (Fsp3) is 0.417. The van der Waals surface area contributed by atoms with E-state index in [1.165, 1.54) is 31.2 Å². The van der Waals surface area contributed by atoms with Gasteiger partial charge in [-0.2, -0.15) is 0 Å². The third kappa shape index (κ3) is 1.73. The van der Waals surface area contributed by atoms with Crippen molar-refractivity contribution in [1.29, 1.82) is 0 Å². The fourth-order valence-corrected chi connectivity index (χ4v) is 2.27. The second-order valence-corrected chi connectivity index (χ2v) is 4.43. The first-order valence-corrected chi connectivity index (χ1v) is 5.20. The van der Waals surface area contributed by atoms with Crippen LogP contribution in [0.2, 0.25) is 5.02 Å². The van der Waals surface area contributed by atoms with Crippen molar-refractivity contribution in [2.24, 2.45) is 0 Å². The van der Waals surface area contributed by atoms with E-state index in [1.807, 2.05) is 12.1 Å². The molecule has 0 N–H and O–H groups in total. The molecule has 2 rings (SSSR count). The zero-order chi connectivity index (χ0) is 9.31. The maximum atomic E-state index is 5.84. The summed E-state index contributed by atoms with van der Waals surface area (Å²) in [5.74, 6) is 0. The van der Waals surface area contributed by atoms with E-state index in [0.29, 0.717) is 0 Å². The summed E-state index contributed by atoms with van der Waals surface area (Å²) in [6, 6.07) is 8.14. The topological polar surface area (TPSA) is 0 Å². The summed E-state index contributed by atoms with van der Waals surface area (Å²) in [4.78, 5) is 0. The molecule has 1 fully saturated rings. The molecule has 0 spiro atoms. The quantitative estimate of drug-likeness (QED) is 0.633. The molecular weight excluding hydrogens is 180 g/mol. The Hall–Kier alpha value is -0.490. The van der Waals surface area contributed by atoms with Crippen LogP contribution in [-0.2, 0) is 5.41 Å². The molecule has 1 aromatic carbocycles. The van der Waals surface area contributed by atoms with Gasteiger partial charge in [0, 0.05) is 5.02 Å². The number of benzene rings is 1. The Morgan fingerprint density at radius 2 is 1.62 bits per heavy atom. The van der Waals surface area contributed by atoms with Crippen LogP contribution in [0.15, 0.2) is 24.3 Å². The van der Waals surface area contributed by atoms with E-state index < -0.39 is 0 Å². The predicted octanol–water partition coefficient (Wildman–Crippen LogP) is 3.99. The van der Waals surface area contributed by atoms with E-state index in [9.17, 15) is 0 Å². The SMILES string of the molecule is [CH2]C1(c2ccc(Cl)cc2)CCCC1. The van der Waals surface area contributed by atoms with Crippen molar-refractivity contribution < 1.29 is 0 Å². The van der Waals surface area contributed by atoms with Gasteiger partial charge in [0.25, 0.3) is 0 Å². The molecule has 0 aromatic heterocycles. The first-order chi connectivity index (χ1) is 6.21. The van der Waals surface area contributed by atoms with Crippen molar-refractivity contribution in [2.45, 2.75) is 31.1 Å². The van der Waals surface area contributed by atoms with Crippen LogP contribution >= 0.6 is 11.6 Å². The summed E-state index contributed by atoms with van der Waals surface area (Å²) in [6.45, 7) is 4.33. The summed E-state index contributed by atoms with van der Waals surface area (Å²) in [6.07, 6.45) is 5.06. The predicted molar refractivity (Wildman–Crippen MR) is 57.0 cm³/mol. The zero-order valence-electron chi connectivity index (χ0n) is 7.72. The standard InChI is InChI=1S/C12H14Cl/c1-12(8-2-3-9-12)10-4-6-11(13)7-5-10/h4-7H,1-3,8-9H2. The molecule has 69 valence electrons. The molecule has 1 aliphatic rings. The normalized spacial score (nSPS) is 20.5. The highest BCUT2D eigenvalue weighted by Crippen LogP contribution is 2.40. The molecule has 1 heteroatoms. The molecule has 1 saturated carbocycles. The van der Waals surface area contributed by atoms with Crippen molar-refractivity contribution in [1.82, 2.24) is 0 Å². The maximum absolute atomic E-state index is 5.84. The monoisotopic (exact) mass is 193 g/mol. The van der Waals surface area contributed by atoms with Gasteiger partial charge in [-0.15, -0.1) is 0 Å². The minimum absolute atomic E-state index is 0.171. The van der Waals surface area contributed by atoms with Gasteiger partial charge in [-0.05, 0) is 42.9 Å². The Kier molecular flexibility index (Phi) is 2.33. The summed E-state index contributed by atoms with van der Waals surface area (Å²) in [7, 11) is 0. The average molecular weight is 194 g/mol. The van der Waals surface area contributed by atoms with Gasteiger partial charge in [0.2, 0.25) is 0 Å². The van der Waals surface area contributed by atoms with Gasteiger partial charge in [-0.1, -0.05) is 36.6 Å². The molecule has 0 unspecified atom stereocenters. The Morgan fingerprint density at radius 3 is 2.15 bits per heavy atom. The van der Waals surface area contributed by atoms with E-state index in [1.54, 1.807) is 0 Å². The summed E-state index contributed by atoms with van der Waals surface area (Å²) < 4.78 is 0. The van der Waals surface area contributed by atoms with E-state index in [4.69, 9.17) is 11.6 Å². The smallest absolute Gasteiger partial charge is 0.0406 e. The largest absolute Gasteiger partial charge is 0.0843 e. The summed E-state index contributed by atoms with van der Waals surface area (Å²) in [5.41, 5.74) is 1.51. The zero-order valence-corrected chi connectivity index (χ0v) is 8.48. The minimum atomic E-state index is 0.171. The van der Waals surface area contributed by atoms with Crippen LogP contribution < -0.4 is 0 Å². The molecule has 0 bridgehead atoms. The van der Waals surface area contributed by atoms with Gasteiger partial charge in [0.05, 0.1) is 0 Å². The number of hydrogen-bond acceptors (Lipinski definition) is 0. The highest BCUT2D eigenvalue weighted by atomic mass is 35.5.